The van der Waals surface area contributed by atoms with Gasteiger partial charge in [-0.15, -0.1) is 11.3 Å². The lowest BCUT2D eigenvalue weighted by molar-refractivity contribution is -0.134. The van der Waals surface area contributed by atoms with E-state index in [1.807, 2.05) is 34.5 Å². The van der Waals surface area contributed by atoms with E-state index >= 15 is 0 Å². The Balaban J connectivity index is 1.74. The van der Waals surface area contributed by atoms with Crippen molar-refractivity contribution in [2.75, 3.05) is 13.2 Å². The normalized spacial score (nSPS) is 17.3. The molecule has 3 rings (SSSR count). The summed E-state index contributed by atoms with van der Waals surface area (Å²) in [7, 11) is 0. The van der Waals surface area contributed by atoms with Gasteiger partial charge in [-0.25, -0.2) is 0 Å². The maximum absolute atomic E-state index is 13.2. The number of hydrogen-bond acceptors (Lipinski definition) is 4. The molecule has 1 saturated heterocycles. The molecule has 1 aliphatic heterocycles. The molecule has 2 atom stereocenters. The lowest BCUT2D eigenvalue weighted by Crippen LogP contribution is -2.39. The molecule has 2 amide bonds. The highest BCUT2D eigenvalue weighted by molar-refractivity contribution is 7.09. The average Bonchev–Trinajstić information content (AvgIpc) is 3.35. The van der Waals surface area contributed by atoms with Crippen LogP contribution in [-0.4, -0.2) is 36.0 Å². The molecule has 28 heavy (non-hydrogen) atoms. The van der Waals surface area contributed by atoms with Crippen molar-refractivity contribution in [2.45, 2.75) is 44.9 Å². The van der Waals surface area contributed by atoms with Gasteiger partial charge in [-0.1, -0.05) is 29.8 Å². The zero-order valence-corrected chi connectivity index (χ0v) is 17.5. The van der Waals surface area contributed by atoms with Gasteiger partial charge in [0.05, 0.1) is 25.1 Å². The number of carbonyl (C=O) groups excluding carboxylic acids is 2. The zero-order chi connectivity index (χ0) is 19.9. The van der Waals surface area contributed by atoms with Crippen LogP contribution in [0.4, 0.5) is 0 Å². The molecule has 0 radical (unpaired) electrons. The quantitative estimate of drug-likeness (QED) is 0.697. The fourth-order valence-electron chi connectivity index (χ4n) is 3.38. The molecular formula is C21H25ClN2O3S. The van der Waals surface area contributed by atoms with Crippen molar-refractivity contribution in [3.8, 4) is 0 Å². The van der Waals surface area contributed by atoms with E-state index in [2.05, 4.69) is 5.32 Å². The summed E-state index contributed by atoms with van der Waals surface area (Å²) >= 11 is 7.61. The fraction of sp³-hybridized carbons (Fsp3) is 0.429. The van der Waals surface area contributed by atoms with Crippen LogP contribution in [-0.2, 0) is 20.9 Å². The molecule has 0 spiro atoms. The van der Waals surface area contributed by atoms with E-state index in [0.717, 1.165) is 29.9 Å². The van der Waals surface area contributed by atoms with E-state index in [0.29, 0.717) is 18.1 Å². The number of hydrogen-bond donors (Lipinski definition) is 1. The highest BCUT2D eigenvalue weighted by Crippen LogP contribution is 2.23. The third-order valence-electron chi connectivity index (χ3n) is 4.76. The van der Waals surface area contributed by atoms with Gasteiger partial charge in [-0.2, -0.15) is 0 Å². The largest absolute Gasteiger partial charge is 0.376 e. The Hall–Kier alpha value is -1.89. The van der Waals surface area contributed by atoms with Crippen LogP contribution in [0.25, 0.3) is 0 Å². The number of nitrogens with one attached hydrogen (secondary N) is 1. The standard InChI is InChI=1S/C21H25ClN2O3S/c1-15(25)23-20(16-6-8-17(22)9-7-16)12-21(26)24(13-18-4-2-10-27-18)14-19-5-3-11-28-19/h3,5-9,11,18,20H,2,4,10,12-14H2,1H3,(H,23,25). The summed E-state index contributed by atoms with van der Waals surface area (Å²) in [4.78, 5) is 27.9. The van der Waals surface area contributed by atoms with Crippen LogP contribution in [0.5, 0.6) is 0 Å². The Bertz CT molecular complexity index is 773. The van der Waals surface area contributed by atoms with Gasteiger partial charge in [0.1, 0.15) is 0 Å². The number of amides is 2. The van der Waals surface area contributed by atoms with E-state index < -0.39 is 6.04 Å². The third-order valence-corrected chi connectivity index (χ3v) is 5.87. The lowest BCUT2D eigenvalue weighted by atomic mass is 10.0. The number of nitrogens with zero attached hydrogens (tertiary/aromatic N) is 1. The predicted octanol–water partition coefficient (Wildman–Crippen LogP) is 4.18. The minimum Gasteiger partial charge on any atom is -0.376 e. The minimum absolute atomic E-state index is 0.00222. The molecule has 1 aromatic heterocycles. The van der Waals surface area contributed by atoms with E-state index in [4.69, 9.17) is 16.3 Å². The van der Waals surface area contributed by atoms with Crippen molar-refractivity contribution >= 4 is 34.8 Å². The monoisotopic (exact) mass is 420 g/mol. The Morgan fingerprint density at radius 3 is 2.71 bits per heavy atom. The summed E-state index contributed by atoms with van der Waals surface area (Å²) in [5.74, 6) is -0.172. The number of ether oxygens (including phenoxy) is 1. The number of halogens is 1. The average molecular weight is 421 g/mol. The molecule has 5 nitrogen and oxygen atoms in total. The van der Waals surface area contributed by atoms with Crippen LogP contribution < -0.4 is 5.32 Å². The zero-order valence-electron chi connectivity index (χ0n) is 15.9. The molecule has 0 saturated carbocycles. The topological polar surface area (TPSA) is 58.6 Å². The molecule has 1 aliphatic rings. The maximum atomic E-state index is 13.2. The first kappa shape index (κ1) is 20.8. The fourth-order valence-corrected chi connectivity index (χ4v) is 4.22. The van der Waals surface area contributed by atoms with Crippen molar-refractivity contribution in [1.82, 2.24) is 10.2 Å². The molecule has 0 bridgehead atoms. The van der Waals surface area contributed by atoms with Crippen molar-refractivity contribution in [1.29, 1.82) is 0 Å². The van der Waals surface area contributed by atoms with Crippen LogP contribution in [0.1, 0.15) is 42.7 Å². The van der Waals surface area contributed by atoms with Gasteiger partial charge in [0.25, 0.3) is 0 Å². The van der Waals surface area contributed by atoms with Crippen LogP contribution >= 0.6 is 22.9 Å². The highest BCUT2D eigenvalue weighted by Gasteiger charge is 2.26. The summed E-state index contributed by atoms with van der Waals surface area (Å²) in [6, 6.07) is 10.9. The van der Waals surface area contributed by atoms with E-state index in [9.17, 15) is 9.59 Å². The number of rotatable bonds is 8. The molecule has 2 heterocycles. The van der Waals surface area contributed by atoms with Crippen molar-refractivity contribution in [3.05, 3.63) is 57.2 Å². The number of carbonyl (C=O) groups is 2. The maximum Gasteiger partial charge on any atom is 0.225 e. The first-order valence-corrected chi connectivity index (χ1v) is 10.7. The lowest BCUT2D eigenvalue weighted by Gasteiger charge is -2.27. The van der Waals surface area contributed by atoms with Gasteiger partial charge in [-0.3, -0.25) is 9.59 Å². The molecule has 2 unspecified atom stereocenters. The van der Waals surface area contributed by atoms with E-state index in [-0.39, 0.29) is 24.3 Å². The van der Waals surface area contributed by atoms with Gasteiger partial charge in [0.15, 0.2) is 0 Å². The molecule has 1 fully saturated rings. The predicted molar refractivity (Wildman–Crippen MR) is 111 cm³/mol. The Morgan fingerprint density at radius 2 is 2.11 bits per heavy atom. The summed E-state index contributed by atoms with van der Waals surface area (Å²) < 4.78 is 5.75. The highest BCUT2D eigenvalue weighted by atomic mass is 35.5. The van der Waals surface area contributed by atoms with Crippen molar-refractivity contribution in [3.63, 3.8) is 0 Å². The first-order valence-electron chi connectivity index (χ1n) is 9.45. The summed E-state index contributed by atoms with van der Waals surface area (Å²) in [5, 5.41) is 5.53. The minimum atomic E-state index is -0.391. The second-order valence-electron chi connectivity index (χ2n) is 7.00. The number of benzene rings is 1. The smallest absolute Gasteiger partial charge is 0.225 e. The van der Waals surface area contributed by atoms with Crippen molar-refractivity contribution < 1.29 is 14.3 Å². The number of thiophene rings is 1. The first-order chi connectivity index (χ1) is 13.5. The van der Waals surface area contributed by atoms with Crippen LogP contribution in [0.2, 0.25) is 5.02 Å². The van der Waals surface area contributed by atoms with E-state index in [1.165, 1.54) is 6.92 Å². The molecule has 7 heteroatoms. The van der Waals surface area contributed by atoms with Crippen LogP contribution in [0.3, 0.4) is 0 Å². The Kier molecular flexibility index (Phi) is 7.48. The van der Waals surface area contributed by atoms with Gasteiger partial charge >= 0.3 is 0 Å². The molecule has 1 N–H and O–H groups in total. The van der Waals surface area contributed by atoms with Crippen LogP contribution in [0, 0.1) is 0 Å². The summed E-state index contributed by atoms with van der Waals surface area (Å²) in [6.45, 7) is 3.35. The van der Waals surface area contributed by atoms with Gasteiger partial charge in [-0.05, 0) is 42.0 Å². The van der Waals surface area contributed by atoms with Gasteiger partial charge < -0.3 is 15.0 Å². The summed E-state index contributed by atoms with van der Waals surface area (Å²) in [6.07, 6.45) is 2.28. The molecule has 1 aromatic carbocycles. The molecule has 0 aliphatic carbocycles. The SMILES string of the molecule is CC(=O)NC(CC(=O)N(Cc1cccs1)CC1CCCO1)c1ccc(Cl)cc1. The molecule has 2 aromatic rings. The molecular weight excluding hydrogens is 396 g/mol. The molecule has 150 valence electrons. The third kappa shape index (κ3) is 6.06. The van der Waals surface area contributed by atoms with Crippen molar-refractivity contribution in [2.24, 2.45) is 0 Å². The Labute approximate surface area is 174 Å². The van der Waals surface area contributed by atoms with Gasteiger partial charge in [0, 0.05) is 30.0 Å². The van der Waals surface area contributed by atoms with Gasteiger partial charge in [0.2, 0.25) is 11.8 Å². The van der Waals surface area contributed by atoms with Crippen LogP contribution in [0.15, 0.2) is 41.8 Å². The second-order valence-corrected chi connectivity index (χ2v) is 8.47. The Morgan fingerprint density at radius 1 is 1.32 bits per heavy atom. The summed E-state index contributed by atoms with van der Waals surface area (Å²) in [5.41, 5.74) is 0.862. The second kappa shape index (κ2) is 10.0. The van der Waals surface area contributed by atoms with E-state index in [1.54, 1.807) is 23.5 Å².